The van der Waals surface area contributed by atoms with Crippen LogP contribution >= 0.6 is 0 Å². The van der Waals surface area contributed by atoms with Gasteiger partial charge >= 0.3 is 0 Å². The van der Waals surface area contributed by atoms with Gasteiger partial charge in [0, 0.05) is 17.6 Å². The molecule has 120 valence electrons. The highest BCUT2D eigenvalue weighted by atomic mass is 19.1. The van der Waals surface area contributed by atoms with E-state index in [-0.39, 0.29) is 11.4 Å². The lowest BCUT2D eigenvalue weighted by Gasteiger charge is -2.22. The molecule has 21 heavy (non-hydrogen) atoms. The van der Waals surface area contributed by atoms with Gasteiger partial charge in [0.05, 0.1) is 6.61 Å². The van der Waals surface area contributed by atoms with Crippen LogP contribution in [0.2, 0.25) is 0 Å². The lowest BCUT2D eigenvalue weighted by atomic mass is 10.1. The number of unbranched alkanes of at least 4 members (excludes halogenated alkanes) is 4. The molecule has 0 radical (unpaired) electrons. The maximum Gasteiger partial charge on any atom is 0.165 e. The number of rotatable bonds is 9. The second kappa shape index (κ2) is 9.04. The standard InChI is InChI=1S/C18H30FNO/c1-5-6-7-8-9-13-21-17-15(11-10-12-16(17)19)14-20-18(2,3)4/h10-12,20H,5-9,13-14H2,1-4H3. The molecule has 1 rings (SSSR count). The van der Waals surface area contributed by atoms with Gasteiger partial charge in [-0.15, -0.1) is 0 Å². The molecule has 0 saturated heterocycles. The summed E-state index contributed by atoms with van der Waals surface area (Å²) >= 11 is 0. The number of benzene rings is 1. The van der Waals surface area contributed by atoms with Gasteiger partial charge in [0.15, 0.2) is 11.6 Å². The second-order valence-corrected chi connectivity index (χ2v) is 6.59. The fourth-order valence-electron chi connectivity index (χ4n) is 2.09. The van der Waals surface area contributed by atoms with Crippen LogP contribution in [0.25, 0.3) is 0 Å². The summed E-state index contributed by atoms with van der Waals surface area (Å²) in [5.74, 6) is 0.140. The SMILES string of the molecule is CCCCCCCOc1c(F)cccc1CNC(C)(C)C. The Morgan fingerprint density at radius 1 is 1.10 bits per heavy atom. The Labute approximate surface area is 129 Å². The fourth-order valence-corrected chi connectivity index (χ4v) is 2.09. The zero-order valence-corrected chi connectivity index (χ0v) is 14.0. The van der Waals surface area contributed by atoms with Crippen molar-refractivity contribution in [1.82, 2.24) is 5.32 Å². The van der Waals surface area contributed by atoms with Gasteiger partial charge in [-0.3, -0.25) is 0 Å². The van der Waals surface area contributed by atoms with Crippen LogP contribution < -0.4 is 10.1 Å². The molecule has 0 spiro atoms. The molecule has 2 nitrogen and oxygen atoms in total. The van der Waals surface area contributed by atoms with Crippen LogP contribution in [0.15, 0.2) is 18.2 Å². The summed E-state index contributed by atoms with van der Waals surface area (Å²) in [5, 5.41) is 3.38. The summed E-state index contributed by atoms with van der Waals surface area (Å²) in [5.41, 5.74) is 0.891. The first-order valence-corrected chi connectivity index (χ1v) is 8.09. The van der Waals surface area contributed by atoms with Crippen LogP contribution in [0.3, 0.4) is 0 Å². The first-order valence-electron chi connectivity index (χ1n) is 8.09. The predicted molar refractivity (Wildman–Crippen MR) is 87.2 cm³/mol. The Kier molecular flexibility index (Phi) is 7.73. The lowest BCUT2D eigenvalue weighted by Crippen LogP contribution is -2.35. The predicted octanol–water partition coefficient (Wildman–Crippen LogP) is 5.06. The third-order valence-electron chi connectivity index (χ3n) is 3.35. The van der Waals surface area contributed by atoms with E-state index < -0.39 is 0 Å². The van der Waals surface area contributed by atoms with E-state index in [1.54, 1.807) is 6.07 Å². The summed E-state index contributed by atoms with van der Waals surface area (Å²) in [6.07, 6.45) is 5.87. The Balaban J connectivity index is 2.51. The summed E-state index contributed by atoms with van der Waals surface area (Å²) < 4.78 is 19.6. The minimum Gasteiger partial charge on any atom is -0.490 e. The molecule has 0 amide bonds. The van der Waals surface area contributed by atoms with Crippen molar-refractivity contribution in [3.05, 3.63) is 29.6 Å². The average Bonchev–Trinajstić information content (AvgIpc) is 2.41. The van der Waals surface area contributed by atoms with Gasteiger partial charge < -0.3 is 10.1 Å². The Morgan fingerprint density at radius 2 is 1.81 bits per heavy atom. The molecule has 1 aromatic rings. The zero-order chi connectivity index (χ0) is 15.7. The Hall–Kier alpha value is -1.09. The van der Waals surface area contributed by atoms with E-state index in [4.69, 9.17) is 4.74 Å². The average molecular weight is 295 g/mol. The molecule has 0 aliphatic carbocycles. The van der Waals surface area contributed by atoms with Gasteiger partial charge in [0.25, 0.3) is 0 Å². The third-order valence-corrected chi connectivity index (χ3v) is 3.35. The monoisotopic (exact) mass is 295 g/mol. The molecule has 0 aliphatic rings. The van der Waals surface area contributed by atoms with Crippen LogP contribution in [0.5, 0.6) is 5.75 Å². The normalized spacial score (nSPS) is 11.7. The molecule has 0 heterocycles. The summed E-state index contributed by atoms with van der Waals surface area (Å²) in [6, 6.07) is 5.13. The van der Waals surface area contributed by atoms with E-state index in [1.807, 2.05) is 6.07 Å². The van der Waals surface area contributed by atoms with E-state index in [0.29, 0.717) is 18.9 Å². The zero-order valence-electron chi connectivity index (χ0n) is 14.0. The highest BCUT2D eigenvalue weighted by Gasteiger charge is 2.13. The largest absolute Gasteiger partial charge is 0.490 e. The molecule has 0 saturated carbocycles. The molecule has 0 bridgehead atoms. The van der Waals surface area contributed by atoms with Crippen molar-refractivity contribution in [2.45, 2.75) is 71.9 Å². The van der Waals surface area contributed by atoms with Crippen LogP contribution in [0.4, 0.5) is 4.39 Å². The van der Waals surface area contributed by atoms with Crippen molar-refractivity contribution in [1.29, 1.82) is 0 Å². The number of halogens is 1. The molecular formula is C18H30FNO. The maximum atomic E-state index is 13.9. The highest BCUT2D eigenvalue weighted by Crippen LogP contribution is 2.23. The van der Waals surface area contributed by atoms with Crippen LogP contribution in [0, 0.1) is 5.82 Å². The molecule has 0 atom stereocenters. The Bertz CT molecular complexity index is 412. The summed E-state index contributed by atoms with van der Waals surface area (Å²) in [6.45, 7) is 9.70. The van der Waals surface area contributed by atoms with Crippen molar-refractivity contribution in [3.63, 3.8) is 0 Å². The van der Waals surface area contributed by atoms with E-state index in [9.17, 15) is 4.39 Å². The van der Waals surface area contributed by atoms with E-state index >= 15 is 0 Å². The molecular weight excluding hydrogens is 265 g/mol. The van der Waals surface area contributed by atoms with Crippen LogP contribution in [-0.2, 0) is 6.54 Å². The minimum absolute atomic E-state index is 0.00371. The number of para-hydroxylation sites is 1. The van der Waals surface area contributed by atoms with Crippen molar-refractivity contribution in [3.8, 4) is 5.75 Å². The topological polar surface area (TPSA) is 21.3 Å². The minimum atomic E-state index is -0.267. The highest BCUT2D eigenvalue weighted by molar-refractivity contribution is 5.35. The number of ether oxygens (including phenoxy) is 1. The first kappa shape index (κ1) is 18.0. The maximum absolute atomic E-state index is 13.9. The number of hydrogen-bond acceptors (Lipinski definition) is 2. The molecule has 0 aliphatic heterocycles. The number of hydrogen-bond donors (Lipinski definition) is 1. The Morgan fingerprint density at radius 3 is 2.48 bits per heavy atom. The van der Waals surface area contributed by atoms with Crippen molar-refractivity contribution in [2.75, 3.05) is 6.61 Å². The number of nitrogens with one attached hydrogen (secondary N) is 1. The van der Waals surface area contributed by atoms with Gasteiger partial charge in [-0.25, -0.2) is 4.39 Å². The molecule has 3 heteroatoms. The van der Waals surface area contributed by atoms with E-state index in [1.165, 1.54) is 25.3 Å². The van der Waals surface area contributed by atoms with E-state index in [0.717, 1.165) is 18.4 Å². The molecule has 1 N–H and O–H groups in total. The van der Waals surface area contributed by atoms with Gasteiger partial charge in [-0.2, -0.15) is 0 Å². The molecule has 1 aromatic carbocycles. The fraction of sp³-hybridized carbons (Fsp3) is 0.667. The lowest BCUT2D eigenvalue weighted by molar-refractivity contribution is 0.284. The van der Waals surface area contributed by atoms with Crippen molar-refractivity contribution >= 4 is 0 Å². The van der Waals surface area contributed by atoms with Gasteiger partial charge in [-0.05, 0) is 33.3 Å². The summed E-state index contributed by atoms with van der Waals surface area (Å²) in [4.78, 5) is 0. The van der Waals surface area contributed by atoms with Gasteiger partial charge in [0.1, 0.15) is 0 Å². The second-order valence-electron chi connectivity index (χ2n) is 6.59. The first-order chi connectivity index (χ1) is 9.94. The van der Waals surface area contributed by atoms with Gasteiger partial charge in [0.2, 0.25) is 0 Å². The quantitative estimate of drug-likeness (QED) is 0.643. The van der Waals surface area contributed by atoms with Crippen LogP contribution in [-0.4, -0.2) is 12.1 Å². The van der Waals surface area contributed by atoms with Crippen molar-refractivity contribution < 1.29 is 9.13 Å². The molecule has 0 aromatic heterocycles. The third kappa shape index (κ3) is 7.47. The van der Waals surface area contributed by atoms with E-state index in [2.05, 4.69) is 33.0 Å². The van der Waals surface area contributed by atoms with Crippen LogP contribution in [0.1, 0.15) is 65.4 Å². The van der Waals surface area contributed by atoms with Crippen molar-refractivity contribution in [2.24, 2.45) is 0 Å². The molecule has 0 fully saturated rings. The smallest absolute Gasteiger partial charge is 0.165 e. The van der Waals surface area contributed by atoms with Gasteiger partial charge in [-0.1, -0.05) is 44.7 Å². The molecule has 0 unspecified atom stereocenters. The summed E-state index contributed by atoms with van der Waals surface area (Å²) in [7, 11) is 0.